The number of carboxylic acids is 3. The van der Waals surface area contributed by atoms with Crippen molar-refractivity contribution in [1.82, 2.24) is 5.32 Å². The molecule has 0 rings (SSSR count). The van der Waals surface area contributed by atoms with Gasteiger partial charge in [-0.25, -0.2) is 9.59 Å². The van der Waals surface area contributed by atoms with E-state index in [9.17, 15) is 24.0 Å². The Kier molecular flexibility index (Phi) is 10.4. The number of hydrogen-bond donors (Lipinski definition) is 5. The highest BCUT2D eigenvalue weighted by Gasteiger charge is 2.12. The van der Waals surface area contributed by atoms with Gasteiger partial charge in [0, 0.05) is 23.3 Å². The summed E-state index contributed by atoms with van der Waals surface area (Å²) in [6.45, 7) is 2.15. The maximum absolute atomic E-state index is 11.2. The van der Waals surface area contributed by atoms with Crippen LogP contribution in [0.1, 0.15) is 13.8 Å². The van der Waals surface area contributed by atoms with Gasteiger partial charge in [0.2, 0.25) is 0 Å². The molecule has 0 aliphatic heterocycles. The summed E-state index contributed by atoms with van der Waals surface area (Å²) < 4.78 is 0. The summed E-state index contributed by atoms with van der Waals surface area (Å²) in [6.07, 6.45) is 1.28. The van der Waals surface area contributed by atoms with E-state index in [1.807, 2.05) is 5.32 Å². The Morgan fingerprint density at radius 3 is 1.32 bits per heavy atom. The lowest BCUT2D eigenvalue weighted by molar-refractivity contribution is -0.135. The van der Waals surface area contributed by atoms with E-state index in [0.29, 0.717) is 12.2 Å². The predicted molar refractivity (Wildman–Crippen MR) is 72.6 cm³/mol. The van der Waals surface area contributed by atoms with Crippen molar-refractivity contribution in [2.24, 2.45) is 5.73 Å². The van der Waals surface area contributed by atoms with Crippen molar-refractivity contribution in [2.45, 2.75) is 13.8 Å². The number of imide groups is 1. The lowest BCUT2D eigenvalue weighted by atomic mass is 10.2. The fourth-order valence-electron chi connectivity index (χ4n) is 0.802. The summed E-state index contributed by atoms with van der Waals surface area (Å²) in [6, 6.07) is 0. The Morgan fingerprint density at radius 2 is 1.14 bits per heavy atom. The molecule has 0 aromatic carbocycles. The molecule has 10 heteroatoms. The second-order valence-electron chi connectivity index (χ2n) is 3.71. The molecular formula is C12H16N2O8. The van der Waals surface area contributed by atoms with Crippen LogP contribution < -0.4 is 11.1 Å². The first-order valence-corrected chi connectivity index (χ1v) is 5.61. The molecule has 0 heterocycles. The number of rotatable bonds is 5. The van der Waals surface area contributed by atoms with Crippen LogP contribution in [-0.2, 0) is 24.0 Å². The van der Waals surface area contributed by atoms with Crippen LogP contribution in [0, 0.1) is 0 Å². The molecule has 0 bridgehead atoms. The molecule has 0 aliphatic rings. The Hall–Kier alpha value is -3.01. The largest absolute Gasteiger partial charge is 0.480 e. The summed E-state index contributed by atoms with van der Waals surface area (Å²) in [7, 11) is 0. The molecule has 6 N–H and O–H groups in total. The van der Waals surface area contributed by atoms with Gasteiger partial charge in [0.15, 0.2) is 0 Å². The SMILES string of the molecule is C/C(=C/C(=O)O)C(=O)NC(=O)/C(C)=C\C(=O)O.NCC(=O)O. The maximum atomic E-state index is 11.2. The first-order valence-electron chi connectivity index (χ1n) is 5.61. The first-order chi connectivity index (χ1) is 10.0. The van der Waals surface area contributed by atoms with Crippen LogP contribution in [0.5, 0.6) is 0 Å². The summed E-state index contributed by atoms with van der Waals surface area (Å²) in [4.78, 5) is 52.2. The molecule has 2 amide bonds. The predicted octanol–water partition coefficient (Wildman–Crippen LogP) is -1.28. The molecule has 0 atom stereocenters. The van der Waals surface area contributed by atoms with Crippen molar-refractivity contribution in [1.29, 1.82) is 0 Å². The zero-order chi connectivity index (χ0) is 17.9. The smallest absolute Gasteiger partial charge is 0.328 e. The minimum absolute atomic E-state index is 0.172. The van der Waals surface area contributed by atoms with Gasteiger partial charge in [-0.3, -0.25) is 19.7 Å². The van der Waals surface area contributed by atoms with E-state index in [-0.39, 0.29) is 17.7 Å². The molecule has 0 unspecified atom stereocenters. The van der Waals surface area contributed by atoms with E-state index >= 15 is 0 Å². The van der Waals surface area contributed by atoms with Crippen LogP contribution in [0.15, 0.2) is 23.3 Å². The van der Waals surface area contributed by atoms with E-state index in [1.165, 1.54) is 13.8 Å². The Labute approximate surface area is 124 Å². The third-order valence-electron chi connectivity index (χ3n) is 1.80. The molecule has 0 saturated carbocycles. The highest BCUT2D eigenvalue weighted by molar-refractivity contribution is 6.11. The van der Waals surface area contributed by atoms with Gasteiger partial charge >= 0.3 is 17.9 Å². The average Bonchev–Trinajstić information content (AvgIpc) is 2.37. The van der Waals surface area contributed by atoms with E-state index < -0.39 is 29.7 Å². The zero-order valence-electron chi connectivity index (χ0n) is 11.8. The van der Waals surface area contributed by atoms with Crippen molar-refractivity contribution in [3.8, 4) is 0 Å². The van der Waals surface area contributed by atoms with Crippen molar-refractivity contribution < 1.29 is 39.3 Å². The van der Waals surface area contributed by atoms with Crippen molar-refractivity contribution >= 4 is 29.7 Å². The minimum atomic E-state index is -1.32. The van der Waals surface area contributed by atoms with Crippen molar-refractivity contribution in [2.75, 3.05) is 6.54 Å². The fourth-order valence-corrected chi connectivity index (χ4v) is 0.802. The van der Waals surface area contributed by atoms with E-state index in [1.54, 1.807) is 0 Å². The van der Waals surface area contributed by atoms with Gasteiger partial charge in [0.05, 0.1) is 6.54 Å². The number of carbonyl (C=O) groups excluding carboxylic acids is 2. The van der Waals surface area contributed by atoms with Crippen molar-refractivity contribution in [3.05, 3.63) is 23.3 Å². The van der Waals surface area contributed by atoms with Crippen LogP contribution in [0.3, 0.4) is 0 Å². The van der Waals surface area contributed by atoms with Crippen LogP contribution in [-0.4, -0.2) is 51.6 Å². The average molecular weight is 316 g/mol. The number of hydrogen-bond acceptors (Lipinski definition) is 6. The first kappa shape index (κ1) is 21.3. The molecular weight excluding hydrogens is 300 g/mol. The van der Waals surface area contributed by atoms with Gasteiger partial charge in [-0.2, -0.15) is 0 Å². The second kappa shape index (κ2) is 10.7. The minimum Gasteiger partial charge on any atom is -0.480 e. The fraction of sp³-hybridized carbons (Fsp3) is 0.250. The lowest BCUT2D eigenvalue weighted by Crippen LogP contribution is -2.32. The third kappa shape index (κ3) is 12.0. The number of aliphatic carboxylic acids is 3. The van der Waals surface area contributed by atoms with Crippen LogP contribution in [0.4, 0.5) is 0 Å². The van der Waals surface area contributed by atoms with Crippen LogP contribution in [0.2, 0.25) is 0 Å². The molecule has 0 radical (unpaired) electrons. The molecule has 122 valence electrons. The van der Waals surface area contributed by atoms with E-state index in [4.69, 9.17) is 15.3 Å². The number of amides is 2. The van der Waals surface area contributed by atoms with Gasteiger partial charge < -0.3 is 21.1 Å². The van der Waals surface area contributed by atoms with E-state index in [0.717, 1.165) is 0 Å². The topological polar surface area (TPSA) is 184 Å². The Balaban J connectivity index is 0. The van der Waals surface area contributed by atoms with Gasteiger partial charge in [-0.15, -0.1) is 0 Å². The maximum Gasteiger partial charge on any atom is 0.328 e. The van der Waals surface area contributed by atoms with Gasteiger partial charge in [-0.05, 0) is 13.8 Å². The second-order valence-corrected chi connectivity index (χ2v) is 3.71. The molecule has 22 heavy (non-hydrogen) atoms. The summed E-state index contributed by atoms with van der Waals surface area (Å²) >= 11 is 0. The molecule has 0 aromatic heterocycles. The number of carbonyl (C=O) groups is 5. The van der Waals surface area contributed by atoms with Gasteiger partial charge in [-0.1, -0.05) is 0 Å². The van der Waals surface area contributed by atoms with Gasteiger partial charge in [0.25, 0.3) is 11.8 Å². The Morgan fingerprint density at radius 1 is 0.864 bits per heavy atom. The molecule has 0 aromatic rings. The third-order valence-corrected chi connectivity index (χ3v) is 1.80. The standard InChI is InChI=1S/C10H11NO6.C2H5NO2/c1-5(3-7(12)13)9(16)11-10(17)6(2)4-8(14)15;3-1-2(4)5/h3-4H,1-2H3,(H,12,13)(H,14,15)(H,11,16,17);1,3H2,(H,4,5)/b5-3-,6-4-;. The van der Waals surface area contributed by atoms with Gasteiger partial charge in [0.1, 0.15) is 0 Å². The van der Waals surface area contributed by atoms with Crippen LogP contribution in [0.25, 0.3) is 0 Å². The molecule has 0 saturated heterocycles. The number of nitrogens with two attached hydrogens (primary N) is 1. The lowest BCUT2D eigenvalue weighted by Gasteiger charge is -2.03. The molecule has 0 aliphatic carbocycles. The van der Waals surface area contributed by atoms with Crippen molar-refractivity contribution in [3.63, 3.8) is 0 Å². The molecule has 10 nitrogen and oxygen atoms in total. The van der Waals surface area contributed by atoms with Crippen LogP contribution >= 0.6 is 0 Å². The normalized spacial score (nSPS) is 10.9. The Bertz CT molecular complexity index is 493. The molecule has 0 fully saturated rings. The van der Waals surface area contributed by atoms with E-state index in [2.05, 4.69) is 5.73 Å². The summed E-state index contributed by atoms with van der Waals surface area (Å²) in [5.41, 5.74) is 4.23. The highest BCUT2D eigenvalue weighted by atomic mass is 16.4. The number of carboxylic acid groups (broad SMARTS) is 3. The summed E-state index contributed by atoms with van der Waals surface area (Å²) in [5.74, 6) is -5.39. The number of nitrogens with one attached hydrogen (secondary N) is 1. The monoisotopic (exact) mass is 316 g/mol. The zero-order valence-corrected chi connectivity index (χ0v) is 11.8. The quantitative estimate of drug-likeness (QED) is 0.385. The molecule has 0 spiro atoms. The summed E-state index contributed by atoms with van der Waals surface area (Å²) in [5, 5.41) is 26.2. The highest BCUT2D eigenvalue weighted by Crippen LogP contribution is 1.96.